The van der Waals surface area contributed by atoms with Gasteiger partial charge in [0, 0.05) is 24.1 Å². The Balaban J connectivity index is 1.46. The molecule has 2 N–H and O–H groups in total. The van der Waals surface area contributed by atoms with Gasteiger partial charge in [0.15, 0.2) is 6.04 Å². The summed E-state index contributed by atoms with van der Waals surface area (Å²) in [4.78, 5) is 17.9. The quantitative estimate of drug-likeness (QED) is 0.477. The first-order valence-electron chi connectivity index (χ1n) is 12.1. The second-order valence-corrected chi connectivity index (χ2v) is 9.54. The van der Waals surface area contributed by atoms with Crippen molar-refractivity contribution in [2.24, 2.45) is 0 Å². The van der Waals surface area contributed by atoms with Crippen molar-refractivity contribution < 1.29 is 9.64 Å². The number of hydrogen-bond donors (Lipinski definition) is 2. The maximum absolute atomic E-state index is 13.5. The number of benzene rings is 2. The Hall–Kier alpha value is -3.36. The molecule has 2 aliphatic heterocycles. The number of nitrogens with one attached hydrogen (secondary N) is 2. The number of aromatic amines is 1. The number of quaternary nitrogens is 1. The summed E-state index contributed by atoms with van der Waals surface area (Å²) in [5, 5.41) is 13.8. The molecule has 0 aliphatic carbocycles. The average Bonchev–Trinajstić information content (AvgIpc) is 3.52. The number of rotatable bonds is 5. The van der Waals surface area contributed by atoms with Gasteiger partial charge >= 0.3 is 0 Å². The molecule has 2 aromatic heterocycles. The van der Waals surface area contributed by atoms with Gasteiger partial charge in [-0.25, -0.2) is 4.68 Å². The minimum Gasteiger partial charge on any atom is -0.376 e. The van der Waals surface area contributed by atoms with Gasteiger partial charge in [-0.1, -0.05) is 36.4 Å². The lowest BCUT2D eigenvalue weighted by Gasteiger charge is -2.32. The highest BCUT2D eigenvalue weighted by atomic mass is 16.5. The number of tetrazole rings is 1. The molecule has 8 nitrogen and oxygen atoms in total. The second kappa shape index (κ2) is 8.77. The van der Waals surface area contributed by atoms with Crippen LogP contribution in [-0.2, 0) is 24.2 Å². The van der Waals surface area contributed by atoms with E-state index in [2.05, 4.69) is 56.9 Å². The van der Waals surface area contributed by atoms with Gasteiger partial charge < -0.3 is 14.6 Å². The van der Waals surface area contributed by atoms with Gasteiger partial charge in [0.1, 0.15) is 6.54 Å². The van der Waals surface area contributed by atoms with E-state index in [4.69, 9.17) is 4.74 Å². The van der Waals surface area contributed by atoms with Gasteiger partial charge in [0.05, 0.1) is 24.8 Å². The van der Waals surface area contributed by atoms with E-state index >= 15 is 0 Å². The third-order valence-corrected chi connectivity index (χ3v) is 7.22. The highest BCUT2D eigenvalue weighted by molar-refractivity contribution is 5.79. The lowest BCUT2D eigenvalue weighted by molar-refractivity contribution is -0.942. The minimum atomic E-state index is -0.279. The zero-order valence-corrected chi connectivity index (χ0v) is 19.3. The maximum Gasteiger partial charge on any atom is 0.258 e. The monoisotopic (exact) mass is 457 g/mol. The lowest BCUT2D eigenvalue weighted by Crippen LogP contribution is -3.12. The van der Waals surface area contributed by atoms with Gasteiger partial charge in [0.25, 0.3) is 5.56 Å². The Kier molecular flexibility index (Phi) is 5.47. The fraction of sp³-hybridized carbons (Fsp3) is 0.385. The van der Waals surface area contributed by atoms with Crippen molar-refractivity contribution in [2.45, 2.75) is 51.4 Å². The molecule has 1 unspecified atom stereocenters. The summed E-state index contributed by atoms with van der Waals surface area (Å²) in [6, 6.07) is 16.5. The molecule has 4 aromatic rings. The van der Waals surface area contributed by atoms with E-state index in [1.807, 2.05) is 23.7 Å². The van der Waals surface area contributed by atoms with Crippen LogP contribution in [0.25, 0.3) is 10.9 Å². The number of aryl methyl sites for hydroxylation is 1. The zero-order chi connectivity index (χ0) is 23.1. The molecule has 0 amide bonds. The first-order chi connectivity index (χ1) is 16.7. The number of pyridine rings is 1. The van der Waals surface area contributed by atoms with Crippen LogP contribution in [0, 0.1) is 6.92 Å². The van der Waals surface area contributed by atoms with Crippen LogP contribution in [0.3, 0.4) is 0 Å². The van der Waals surface area contributed by atoms with E-state index in [1.54, 1.807) is 0 Å². The third kappa shape index (κ3) is 3.93. The summed E-state index contributed by atoms with van der Waals surface area (Å²) in [6.45, 7) is 5.14. The van der Waals surface area contributed by atoms with E-state index in [0.29, 0.717) is 12.1 Å². The molecular formula is C26H29N6O2+. The van der Waals surface area contributed by atoms with Crippen LogP contribution >= 0.6 is 0 Å². The summed E-state index contributed by atoms with van der Waals surface area (Å²) >= 11 is 0. The summed E-state index contributed by atoms with van der Waals surface area (Å²) in [7, 11) is 0. The Bertz CT molecular complexity index is 1390. The normalized spacial score (nSPS) is 21.0. The summed E-state index contributed by atoms with van der Waals surface area (Å²) < 4.78 is 7.71. The van der Waals surface area contributed by atoms with Gasteiger partial charge in [-0.15, -0.1) is 5.10 Å². The van der Waals surface area contributed by atoms with Gasteiger partial charge in [0.2, 0.25) is 5.82 Å². The molecule has 2 aliphatic rings. The van der Waals surface area contributed by atoms with Gasteiger partial charge in [-0.3, -0.25) is 4.79 Å². The number of H-pyrrole nitrogens is 1. The van der Waals surface area contributed by atoms with Crippen molar-refractivity contribution >= 4 is 10.9 Å². The van der Waals surface area contributed by atoms with Crippen molar-refractivity contribution in [3.8, 4) is 0 Å². The molecule has 34 heavy (non-hydrogen) atoms. The number of fused-ring (bicyclic) bond motifs is 2. The fourth-order valence-corrected chi connectivity index (χ4v) is 5.47. The van der Waals surface area contributed by atoms with Crippen molar-refractivity contribution in [1.82, 2.24) is 25.2 Å². The Morgan fingerprint density at radius 2 is 2.09 bits per heavy atom. The maximum atomic E-state index is 13.5. The van der Waals surface area contributed by atoms with Crippen LogP contribution in [0.2, 0.25) is 0 Å². The van der Waals surface area contributed by atoms with Crippen LogP contribution in [0.1, 0.15) is 47.0 Å². The van der Waals surface area contributed by atoms with Crippen LogP contribution < -0.4 is 10.5 Å². The molecular weight excluding hydrogens is 428 g/mol. The molecule has 0 saturated carbocycles. The fourth-order valence-electron chi connectivity index (χ4n) is 5.47. The van der Waals surface area contributed by atoms with Crippen molar-refractivity contribution in [1.29, 1.82) is 0 Å². The molecule has 0 radical (unpaired) electrons. The van der Waals surface area contributed by atoms with Crippen molar-refractivity contribution in [3.05, 3.63) is 87.0 Å². The molecule has 8 heteroatoms. The molecule has 3 atom stereocenters. The predicted octanol–water partition coefficient (Wildman–Crippen LogP) is 1.73. The van der Waals surface area contributed by atoms with Crippen LogP contribution in [0.5, 0.6) is 0 Å². The molecule has 0 spiro atoms. The zero-order valence-electron chi connectivity index (χ0n) is 19.3. The predicted molar refractivity (Wildman–Crippen MR) is 128 cm³/mol. The smallest absolute Gasteiger partial charge is 0.258 e. The summed E-state index contributed by atoms with van der Waals surface area (Å²) in [6.07, 6.45) is 3.13. The van der Waals surface area contributed by atoms with Gasteiger partial charge in [-0.2, -0.15) is 0 Å². The lowest BCUT2D eigenvalue weighted by atomic mass is 9.95. The number of aromatic nitrogens is 5. The van der Waals surface area contributed by atoms with E-state index < -0.39 is 0 Å². The Labute approximate surface area is 197 Å². The van der Waals surface area contributed by atoms with Gasteiger partial charge in [-0.05, 0) is 58.8 Å². The number of nitrogens with zero attached hydrogens (tertiary/aromatic N) is 4. The standard InChI is InChI=1S/C26H28N6O2/c1-17-8-9-19-14-22(26(33)27-23(19)13-17)24(31-11-10-18-5-2-3-6-20(18)15-31)25-28-29-30-32(25)16-21-7-4-12-34-21/h2-3,5-6,8-9,13-14,21,24H,4,7,10-12,15-16H2,1H3,(H,27,33)/p+1/t21-,24+/m0/s1. The average molecular weight is 458 g/mol. The molecule has 1 saturated heterocycles. The molecule has 0 bridgehead atoms. The highest BCUT2D eigenvalue weighted by Gasteiger charge is 2.36. The van der Waals surface area contributed by atoms with E-state index in [-0.39, 0.29) is 17.7 Å². The molecule has 174 valence electrons. The van der Waals surface area contributed by atoms with Crippen LogP contribution in [0.15, 0.2) is 53.3 Å². The van der Waals surface area contributed by atoms with Crippen LogP contribution in [-0.4, -0.2) is 44.4 Å². The minimum absolute atomic E-state index is 0.0823. The first kappa shape index (κ1) is 21.2. The largest absolute Gasteiger partial charge is 0.376 e. The first-order valence-corrected chi connectivity index (χ1v) is 12.1. The van der Waals surface area contributed by atoms with E-state index in [0.717, 1.165) is 61.2 Å². The summed E-state index contributed by atoms with van der Waals surface area (Å²) in [5.74, 6) is 0.724. The Morgan fingerprint density at radius 1 is 1.21 bits per heavy atom. The molecule has 4 heterocycles. The second-order valence-electron chi connectivity index (χ2n) is 9.54. The van der Waals surface area contributed by atoms with Crippen molar-refractivity contribution in [2.75, 3.05) is 13.2 Å². The number of ether oxygens (including phenoxy) is 1. The Morgan fingerprint density at radius 3 is 2.94 bits per heavy atom. The third-order valence-electron chi connectivity index (χ3n) is 7.22. The van der Waals surface area contributed by atoms with E-state index in [1.165, 1.54) is 16.0 Å². The summed E-state index contributed by atoms with van der Waals surface area (Å²) in [5.41, 5.74) is 5.29. The molecule has 2 aromatic carbocycles. The molecule has 1 fully saturated rings. The number of hydrogen-bond acceptors (Lipinski definition) is 5. The van der Waals surface area contributed by atoms with Crippen molar-refractivity contribution in [3.63, 3.8) is 0 Å². The van der Waals surface area contributed by atoms with E-state index in [9.17, 15) is 4.79 Å². The SMILES string of the molecule is Cc1ccc2cc([C@H](c3nnnn3C[C@@H]3CCCO3)[NH+]3CCc4ccccc4C3)c(=O)[nH]c2c1. The van der Waals surface area contributed by atoms with Crippen LogP contribution in [0.4, 0.5) is 0 Å². The highest BCUT2D eigenvalue weighted by Crippen LogP contribution is 2.22. The topological polar surface area (TPSA) is 90.1 Å². The molecule has 6 rings (SSSR count).